The Bertz CT molecular complexity index is 444. The van der Waals surface area contributed by atoms with E-state index in [0.29, 0.717) is 16.9 Å². The van der Waals surface area contributed by atoms with E-state index >= 15 is 0 Å². The summed E-state index contributed by atoms with van der Waals surface area (Å²) in [6.07, 6.45) is 3.75. The lowest BCUT2D eigenvalue weighted by Crippen LogP contribution is -2.40. The van der Waals surface area contributed by atoms with Crippen molar-refractivity contribution in [2.24, 2.45) is 10.8 Å². The van der Waals surface area contributed by atoms with Crippen molar-refractivity contribution in [1.29, 1.82) is 0 Å². The highest BCUT2D eigenvalue weighted by molar-refractivity contribution is 5.59. The molecule has 0 heterocycles. The predicted octanol–water partition coefficient (Wildman–Crippen LogP) is 4.59. The topological polar surface area (TPSA) is 38.0 Å². The molecule has 0 atom stereocenters. The molecule has 1 aromatic carbocycles. The summed E-state index contributed by atoms with van der Waals surface area (Å²) in [6.45, 7) is 11.7. The van der Waals surface area contributed by atoms with Crippen LogP contribution in [0.5, 0.6) is 0 Å². The first kappa shape index (κ1) is 14.2. The summed E-state index contributed by atoms with van der Waals surface area (Å²) in [4.78, 5) is 0. The number of hydrogen-bond donors (Lipinski definition) is 2. The first-order valence-electron chi connectivity index (χ1n) is 7.30. The van der Waals surface area contributed by atoms with Crippen molar-refractivity contribution in [1.82, 2.24) is 0 Å². The van der Waals surface area contributed by atoms with Crippen molar-refractivity contribution in [3.8, 4) is 0 Å². The fraction of sp³-hybridized carbons (Fsp3) is 0.647. The predicted molar refractivity (Wildman–Crippen MR) is 84.4 cm³/mol. The average Bonchev–Trinajstić information content (AvgIpc) is 2.18. The number of aryl methyl sites for hydroxylation is 1. The zero-order valence-corrected chi connectivity index (χ0v) is 13.0. The molecule has 2 rings (SSSR count). The minimum Gasteiger partial charge on any atom is -0.399 e. The number of benzene rings is 1. The first-order chi connectivity index (χ1) is 8.67. The Kier molecular flexibility index (Phi) is 3.55. The van der Waals surface area contributed by atoms with Crippen LogP contribution in [0.4, 0.5) is 11.4 Å². The van der Waals surface area contributed by atoms with Gasteiger partial charge in [-0.05, 0) is 54.7 Å². The molecule has 1 aliphatic rings. The Labute approximate surface area is 117 Å². The summed E-state index contributed by atoms with van der Waals surface area (Å²) in [5.41, 5.74) is 10.0. The highest BCUT2D eigenvalue weighted by Gasteiger charge is 2.38. The van der Waals surface area contributed by atoms with Gasteiger partial charge in [0.05, 0.1) is 0 Å². The van der Waals surface area contributed by atoms with E-state index in [0.717, 1.165) is 5.69 Å². The Morgan fingerprint density at radius 1 is 1.11 bits per heavy atom. The van der Waals surface area contributed by atoms with Crippen molar-refractivity contribution in [2.75, 3.05) is 11.1 Å². The van der Waals surface area contributed by atoms with Crippen molar-refractivity contribution in [3.05, 3.63) is 23.8 Å². The lowest BCUT2D eigenvalue weighted by molar-refractivity contribution is 0.105. The molecule has 0 aliphatic heterocycles. The van der Waals surface area contributed by atoms with E-state index in [-0.39, 0.29) is 0 Å². The molecule has 0 aromatic heterocycles. The van der Waals surface area contributed by atoms with Gasteiger partial charge >= 0.3 is 0 Å². The third-order valence-electron chi connectivity index (χ3n) is 4.18. The Morgan fingerprint density at radius 2 is 1.68 bits per heavy atom. The number of hydrogen-bond acceptors (Lipinski definition) is 2. The molecule has 0 saturated heterocycles. The quantitative estimate of drug-likeness (QED) is 0.763. The van der Waals surface area contributed by atoms with Crippen LogP contribution in [-0.4, -0.2) is 6.04 Å². The molecule has 0 spiro atoms. The number of rotatable bonds is 2. The number of nitrogen functional groups attached to an aromatic ring is 1. The van der Waals surface area contributed by atoms with Gasteiger partial charge in [-0.1, -0.05) is 33.8 Å². The molecule has 3 N–H and O–H groups in total. The maximum Gasteiger partial charge on any atom is 0.0392 e. The van der Waals surface area contributed by atoms with E-state index in [1.54, 1.807) is 0 Å². The first-order valence-corrected chi connectivity index (χ1v) is 7.30. The van der Waals surface area contributed by atoms with Gasteiger partial charge in [-0.2, -0.15) is 0 Å². The van der Waals surface area contributed by atoms with Crippen LogP contribution in [0.2, 0.25) is 0 Å². The molecule has 1 aromatic rings. The molecular weight excluding hydrogens is 232 g/mol. The normalized spacial score (nSPS) is 22.2. The van der Waals surface area contributed by atoms with E-state index in [1.165, 1.54) is 30.5 Å². The maximum atomic E-state index is 5.90. The molecule has 2 nitrogen and oxygen atoms in total. The summed E-state index contributed by atoms with van der Waals surface area (Å²) in [6, 6.07) is 6.66. The maximum absolute atomic E-state index is 5.90. The number of nitrogens with two attached hydrogens (primary N) is 1. The molecule has 1 fully saturated rings. The van der Waals surface area contributed by atoms with Crippen molar-refractivity contribution in [3.63, 3.8) is 0 Å². The van der Waals surface area contributed by atoms with E-state index < -0.39 is 0 Å². The van der Waals surface area contributed by atoms with Gasteiger partial charge in [0.1, 0.15) is 0 Å². The zero-order chi connectivity index (χ0) is 14.3. The summed E-state index contributed by atoms with van der Waals surface area (Å²) in [5, 5.41) is 3.72. The van der Waals surface area contributed by atoms with Crippen LogP contribution in [0.3, 0.4) is 0 Å². The largest absolute Gasteiger partial charge is 0.399 e. The highest BCUT2D eigenvalue weighted by atomic mass is 14.9. The minimum atomic E-state index is 0.410. The highest BCUT2D eigenvalue weighted by Crippen LogP contribution is 2.46. The lowest BCUT2D eigenvalue weighted by Gasteiger charge is -2.45. The summed E-state index contributed by atoms with van der Waals surface area (Å²) < 4.78 is 0. The Morgan fingerprint density at radius 3 is 2.26 bits per heavy atom. The monoisotopic (exact) mass is 260 g/mol. The van der Waals surface area contributed by atoms with Crippen molar-refractivity contribution < 1.29 is 0 Å². The molecule has 1 saturated carbocycles. The Balaban J connectivity index is 2.16. The number of anilines is 2. The SMILES string of the molecule is Cc1ccc(N)cc1NC1CC(C)(C)CC(C)(C)C1. The van der Waals surface area contributed by atoms with Gasteiger partial charge in [-0.15, -0.1) is 0 Å². The Hall–Kier alpha value is -1.18. The summed E-state index contributed by atoms with van der Waals surface area (Å²) >= 11 is 0. The fourth-order valence-electron chi connectivity index (χ4n) is 3.96. The van der Waals surface area contributed by atoms with Gasteiger partial charge in [0, 0.05) is 17.4 Å². The van der Waals surface area contributed by atoms with Crippen LogP contribution in [-0.2, 0) is 0 Å². The summed E-state index contributed by atoms with van der Waals surface area (Å²) in [7, 11) is 0. The van der Waals surface area contributed by atoms with Gasteiger partial charge in [-0.25, -0.2) is 0 Å². The molecule has 0 bridgehead atoms. The third-order valence-corrected chi connectivity index (χ3v) is 4.18. The molecule has 1 aliphatic carbocycles. The zero-order valence-electron chi connectivity index (χ0n) is 13.0. The molecule has 19 heavy (non-hydrogen) atoms. The second-order valence-electron chi connectivity index (χ2n) is 7.83. The minimum absolute atomic E-state index is 0.410. The molecule has 0 radical (unpaired) electrons. The van der Waals surface area contributed by atoms with Gasteiger partial charge in [0.2, 0.25) is 0 Å². The smallest absolute Gasteiger partial charge is 0.0392 e. The van der Waals surface area contributed by atoms with Crippen molar-refractivity contribution >= 4 is 11.4 Å². The molecule has 0 unspecified atom stereocenters. The van der Waals surface area contributed by atoms with Gasteiger partial charge in [0.25, 0.3) is 0 Å². The van der Waals surface area contributed by atoms with Crippen molar-refractivity contribution in [2.45, 2.75) is 59.9 Å². The van der Waals surface area contributed by atoms with Crippen LogP contribution in [0.1, 0.15) is 52.5 Å². The van der Waals surface area contributed by atoms with Crippen LogP contribution in [0.15, 0.2) is 18.2 Å². The van der Waals surface area contributed by atoms with Crippen LogP contribution in [0.25, 0.3) is 0 Å². The standard InChI is InChI=1S/C17H28N2/c1-12-6-7-13(18)8-15(12)19-14-9-16(2,3)11-17(4,5)10-14/h6-8,14,19H,9-11,18H2,1-5H3. The van der Waals surface area contributed by atoms with E-state index in [9.17, 15) is 0 Å². The van der Waals surface area contributed by atoms with Gasteiger partial charge in [0.15, 0.2) is 0 Å². The number of nitrogens with one attached hydrogen (secondary N) is 1. The van der Waals surface area contributed by atoms with E-state index in [2.05, 4.69) is 52.1 Å². The fourth-order valence-corrected chi connectivity index (χ4v) is 3.96. The molecule has 2 heteroatoms. The van der Waals surface area contributed by atoms with E-state index in [1.807, 2.05) is 6.07 Å². The second-order valence-corrected chi connectivity index (χ2v) is 7.83. The van der Waals surface area contributed by atoms with Gasteiger partial charge in [-0.3, -0.25) is 0 Å². The van der Waals surface area contributed by atoms with E-state index in [4.69, 9.17) is 5.73 Å². The van der Waals surface area contributed by atoms with Crippen LogP contribution >= 0.6 is 0 Å². The molecule has 106 valence electrons. The van der Waals surface area contributed by atoms with Gasteiger partial charge < -0.3 is 11.1 Å². The lowest BCUT2D eigenvalue weighted by atomic mass is 9.63. The molecular formula is C17H28N2. The average molecular weight is 260 g/mol. The summed E-state index contributed by atoms with van der Waals surface area (Å²) in [5.74, 6) is 0. The second kappa shape index (κ2) is 4.73. The van der Waals surface area contributed by atoms with Crippen LogP contribution < -0.4 is 11.1 Å². The third kappa shape index (κ3) is 3.65. The van der Waals surface area contributed by atoms with Crippen LogP contribution in [0, 0.1) is 17.8 Å². The molecule has 0 amide bonds.